The van der Waals surface area contributed by atoms with Gasteiger partial charge in [-0.2, -0.15) is 0 Å². The SMILES string of the molecule is CCCCCOc1ccc(C2/C(=C(/O)c3ccc(C)cc3)C(=O)C(=O)N2c2nnc(SCc3ccc(Cl)cc3Cl)s2)cc1. The molecule has 0 bridgehead atoms. The highest BCUT2D eigenvalue weighted by molar-refractivity contribution is 8.00. The Morgan fingerprint density at radius 2 is 1.77 bits per heavy atom. The van der Waals surface area contributed by atoms with Gasteiger partial charge in [-0.05, 0) is 48.7 Å². The van der Waals surface area contributed by atoms with Gasteiger partial charge in [0.05, 0.1) is 18.2 Å². The van der Waals surface area contributed by atoms with E-state index in [2.05, 4.69) is 17.1 Å². The number of aliphatic hydroxyl groups excluding tert-OH is 1. The third-order valence-corrected chi connectivity index (χ3v) is 9.64. The predicted octanol–water partition coefficient (Wildman–Crippen LogP) is 8.64. The number of aryl methyl sites for hydroxylation is 1. The van der Waals surface area contributed by atoms with Crippen molar-refractivity contribution >= 4 is 68.9 Å². The summed E-state index contributed by atoms with van der Waals surface area (Å²) < 4.78 is 6.46. The predicted molar refractivity (Wildman–Crippen MR) is 173 cm³/mol. The van der Waals surface area contributed by atoms with Gasteiger partial charge in [-0.1, -0.05) is 114 Å². The molecule has 11 heteroatoms. The Labute approximate surface area is 268 Å². The number of rotatable bonds is 11. The summed E-state index contributed by atoms with van der Waals surface area (Å²) in [4.78, 5) is 28.3. The molecule has 1 aromatic heterocycles. The Bertz CT molecular complexity index is 1660. The summed E-state index contributed by atoms with van der Waals surface area (Å²) in [6.45, 7) is 4.67. The Kier molecular flexibility index (Phi) is 10.1. The van der Waals surface area contributed by atoms with E-state index >= 15 is 0 Å². The summed E-state index contributed by atoms with van der Waals surface area (Å²) in [5, 5.41) is 21.3. The monoisotopic (exact) mass is 653 g/mol. The average molecular weight is 655 g/mol. The summed E-state index contributed by atoms with van der Waals surface area (Å²) in [5.74, 6) is -0.625. The van der Waals surface area contributed by atoms with Crippen molar-refractivity contribution in [2.45, 2.75) is 49.2 Å². The zero-order valence-corrected chi connectivity index (χ0v) is 26.7. The lowest BCUT2D eigenvalue weighted by molar-refractivity contribution is -0.132. The fourth-order valence-corrected chi connectivity index (χ4v) is 7.06. The maximum Gasteiger partial charge on any atom is 0.301 e. The first-order valence-corrected chi connectivity index (χ1v) is 16.3. The van der Waals surface area contributed by atoms with E-state index in [4.69, 9.17) is 27.9 Å². The number of thioether (sulfide) groups is 1. The second kappa shape index (κ2) is 13.9. The molecule has 4 aromatic rings. The van der Waals surface area contributed by atoms with Gasteiger partial charge in [-0.15, -0.1) is 10.2 Å². The van der Waals surface area contributed by atoms with Crippen LogP contribution in [0.4, 0.5) is 5.13 Å². The lowest BCUT2D eigenvalue weighted by Crippen LogP contribution is -2.29. The van der Waals surface area contributed by atoms with Crippen molar-refractivity contribution in [1.82, 2.24) is 10.2 Å². The van der Waals surface area contributed by atoms with Gasteiger partial charge < -0.3 is 9.84 Å². The number of halogens is 2. The van der Waals surface area contributed by atoms with Crippen LogP contribution in [-0.4, -0.2) is 33.6 Å². The zero-order valence-electron chi connectivity index (χ0n) is 23.5. The molecule has 1 saturated heterocycles. The van der Waals surface area contributed by atoms with Gasteiger partial charge in [0.2, 0.25) is 5.13 Å². The standard InChI is InChI=1S/C32H29Cl2N3O4S2/c1-3-4-5-16-41-24-14-11-20(12-15-24)27-26(28(38)21-8-6-19(2)7-9-21)29(39)30(40)37(27)31-35-36-32(43-31)42-18-22-10-13-23(33)17-25(22)34/h6-15,17,27,38H,3-5,16,18H2,1-2H3/b28-26-. The quantitative estimate of drug-likeness (QED) is 0.0432. The molecule has 0 radical (unpaired) electrons. The van der Waals surface area contributed by atoms with E-state index in [1.54, 1.807) is 36.4 Å². The number of ether oxygens (including phenoxy) is 1. The van der Waals surface area contributed by atoms with E-state index in [1.807, 2.05) is 37.3 Å². The molecule has 1 amide bonds. The summed E-state index contributed by atoms with van der Waals surface area (Å²) >= 11 is 14.9. The molecule has 1 N–H and O–H groups in total. The number of unbranched alkanes of at least 4 members (excludes halogenated alkanes) is 2. The minimum atomic E-state index is -0.910. The van der Waals surface area contributed by atoms with Crippen LogP contribution in [0.2, 0.25) is 10.0 Å². The number of aromatic nitrogens is 2. The Balaban J connectivity index is 1.48. The van der Waals surface area contributed by atoms with Gasteiger partial charge in [0.25, 0.3) is 5.78 Å². The molecule has 1 aliphatic heterocycles. The van der Waals surface area contributed by atoms with E-state index in [0.29, 0.717) is 43.6 Å². The number of hydrogen-bond acceptors (Lipinski definition) is 8. The summed E-state index contributed by atoms with van der Waals surface area (Å²) in [5.41, 5.74) is 2.94. The van der Waals surface area contributed by atoms with E-state index in [-0.39, 0.29) is 16.5 Å². The van der Waals surface area contributed by atoms with Gasteiger partial charge >= 0.3 is 5.91 Å². The Morgan fingerprint density at radius 3 is 2.47 bits per heavy atom. The van der Waals surface area contributed by atoms with Crippen molar-refractivity contribution < 1.29 is 19.4 Å². The highest BCUT2D eigenvalue weighted by Crippen LogP contribution is 2.44. The third kappa shape index (κ3) is 7.07. The molecule has 3 aromatic carbocycles. The van der Waals surface area contributed by atoms with Crippen molar-refractivity contribution in [3.63, 3.8) is 0 Å². The normalized spacial score (nSPS) is 16.2. The molecule has 5 rings (SSSR count). The highest BCUT2D eigenvalue weighted by Gasteiger charge is 2.48. The topological polar surface area (TPSA) is 92.6 Å². The average Bonchev–Trinajstić information content (AvgIpc) is 3.57. The van der Waals surface area contributed by atoms with Crippen LogP contribution in [0.5, 0.6) is 5.75 Å². The van der Waals surface area contributed by atoms with Crippen molar-refractivity contribution in [3.8, 4) is 5.75 Å². The molecule has 0 spiro atoms. The zero-order chi connectivity index (χ0) is 30.5. The second-order valence-corrected chi connectivity index (χ2v) is 13.1. The molecule has 43 heavy (non-hydrogen) atoms. The smallest absolute Gasteiger partial charge is 0.301 e. The van der Waals surface area contributed by atoms with Crippen molar-refractivity contribution in [2.75, 3.05) is 11.5 Å². The van der Waals surface area contributed by atoms with Gasteiger partial charge in [0.15, 0.2) is 4.34 Å². The molecule has 1 fully saturated rings. The van der Waals surface area contributed by atoms with Gasteiger partial charge in [-0.25, -0.2) is 0 Å². The van der Waals surface area contributed by atoms with Gasteiger partial charge in [0, 0.05) is 21.4 Å². The van der Waals surface area contributed by atoms with Crippen LogP contribution in [-0.2, 0) is 15.3 Å². The van der Waals surface area contributed by atoms with Crippen LogP contribution in [0, 0.1) is 6.92 Å². The minimum Gasteiger partial charge on any atom is -0.507 e. The summed E-state index contributed by atoms with van der Waals surface area (Å²) in [6.07, 6.45) is 3.14. The fourth-order valence-electron chi connectivity index (χ4n) is 4.64. The fraction of sp³-hybridized carbons (Fsp3) is 0.250. The molecule has 7 nitrogen and oxygen atoms in total. The van der Waals surface area contributed by atoms with Crippen LogP contribution >= 0.6 is 46.3 Å². The number of aliphatic hydroxyl groups is 1. The molecular weight excluding hydrogens is 625 g/mol. The third-order valence-electron chi connectivity index (χ3n) is 6.95. The number of nitrogens with zero attached hydrogens (tertiary/aromatic N) is 3. The molecule has 2 heterocycles. The first-order valence-electron chi connectivity index (χ1n) is 13.8. The van der Waals surface area contributed by atoms with Crippen molar-refractivity contribution in [1.29, 1.82) is 0 Å². The van der Waals surface area contributed by atoms with Gasteiger partial charge in [-0.3, -0.25) is 14.5 Å². The van der Waals surface area contributed by atoms with Crippen LogP contribution in [0.3, 0.4) is 0 Å². The first-order chi connectivity index (χ1) is 20.8. The van der Waals surface area contributed by atoms with Crippen LogP contribution < -0.4 is 9.64 Å². The summed E-state index contributed by atoms with van der Waals surface area (Å²) in [6, 6.07) is 18.7. The highest BCUT2D eigenvalue weighted by atomic mass is 35.5. The van der Waals surface area contributed by atoms with Crippen LogP contribution in [0.25, 0.3) is 5.76 Å². The number of carbonyl (C=O) groups is 2. The maximum absolute atomic E-state index is 13.5. The minimum absolute atomic E-state index is 0.0113. The molecule has 0 aliphatic carbocycles. The summed E-state index contributed by atoms with van der Waals surface area (Å²) in [7, 11) is 0. The van der Waals surface area contributed by atoms with Gasteiger partial charge in [0.1, 0.15) is 11.5 Å². The molecule has 1 unspecified atom stereocenters. The van der Waals surface area contributed by atoms with E-state index in [1.165, 1.54) is 28.0 Å². The number of ketones is 1. The second-order valence-electron chi connectivity index (χ2n) is 10.0. The maximum atomic E-state index is 13.5. The number of benzene rings is 3. The lowest BCUT2D eigenvalue weighted by atomic mass is 9.95. The Hall–Kier alpha value is -3.37. The van der Waals surface area contributed by atoms with E-state index < -0.39 is 17.7 Å². The number of hydrogen-bond donors (Lipinski definition) is 1. The number of anilines is 1. The molecule has 222 valence electrons. The lowest BCUT2D eigenvalue weighted by Gasteiger charge is -2.22. The van der Waals surface area contributed by atoms with Crippen molar-refractivity contribution in [3.05, 3.63) is 105 Å². The molecule has 1 atom stereocenters. The molecule has 0 saturated carbocycles. The van der Waals surface area contributed by atoms with Crippen LogP contribution in [0.15, 0.2) is 76.6 Å². The van der Waals surface area contributed by atoms with E-state index in [9.17, 15) is 14.7 Å². The van der Waals surface area contributed by atoms with Crippen molar-refractivity contribution in [2.24, 2.45) is 0 Å². The van der Waals surface area contributed by atoms with Crippen LogP contribution in [0.1, 0.15) is 54.5 Å². The molecular formula is C32H29Cl2N3O4S2. The Morgan fingerprint density at radius 1 is 1.02 bits per heavy atom. The number of Topliss-reactive ketones (excluding diaryl/α,β-unsaturated/α-hetero) is 1. The first kappa shape index (κ1) is 31.1. The number of amides is 1. The largest absolute Gasteiger partial charge is 0.507 e. The van der Waals surface area contributed by atoms with E-state index in [0.717, 1.165) is 30.4 Å². The number of carbonyl (C=O) groups excluding carboxylic acids is 2. The molecule has 1 aliphatic rings.